The lowest BCUT2D eigenvalue weighted by atomic mass is 10.0. The molecular formula is C16H19ClN2. The SMILES string of the molecule is CC(C)Cn1c(Cl)c(C#N)c2cc(C(C)C)ccc21. The fourth-order valence-corrected chi connectivity index (χ4v) is 2.65. The maximum atomic E-state index is 9.35. The molecule has 0 saturated carbocycles. The van der Waals surface area contributed by atoms with E-state index < -0.39 is 0 Å². The summed E-state index contributed by atoms with van der Waals surface area (Å²) >= 11 is 6.37. The van der Waals surface area contributed by atoms with Gasteiger partial charge in [0.05, 0.1) is 11.1 Å². The van der Waals surface area contributed by atoms with Crippen LogP contribution in [0.2, 0.25) is 5.15 Å². The van der Waals surface area contributed by atoms with E-state index in [0.29, 0.717) is 22.6 Å². The summed E-state index contributed by atoms with van der Waals surface area (Å²) in [5, 5.41) is 10.9. The van der Waals surface area contributed by atoms with Crippen LogP contribution >= 0.6 is 11.6 Å². The Bertz CT molecular complexity index is 645. The zero-order valence-corrected chi connectivity index (χ0v) is 12.6. The molecule has 0 bridgehead atoms. The van der Waals surface area contributed by atoms with Crippen molar-refractivity contribution in [3.05, 3.63) is 34.5 Å². The van der Waals surface area contributed by atoms with Gasteiger partial charge in [0, 0.05) is 11.9 Å². The predicted octanol–water partition coefficient (Wildman–Crippen LogP) is 4.95. The van der Waals surface area contributed by atoms with Crippen LogP contribution in [0.25, 0.3) is 10.9 Å². The fraction of sp³-hybridized carbons (Fsp3) is 0.438. The monoisotopic (exact) mass is 274 g/mol. The summed E-state index contributed by atoms with van der Waals surface area (Å²) in [6.07, 6.45) is 0. The summed E-state index contributed by atoms with van der Waals surface area (Å²) in [4.78, 5) is 0. The zero-order valence-electron chi connectivity index (χ0n) is 11.9. The Morgan fingerprint density at radius 3 is 2.47 bits per heavy atom. The van der Waals surface area contributed by atoms with Gasteiger partial charge in [0.25, 0.3) is 0 Å². The van der Waals surface area contributed by atoms with E-state index >= 15 is 0 Å². The molecule has 3 heteroatoms. The minimum atomic E-state index is 0.447. The first-order valence-electron chi connectivity index (χ1n) is 6.67. The number of hydrogen-bond donors (Lipinski definition) is 0. The molecule has 0 atom stereocenters. The molecule has 1 aromatic heterocycles. The first-order chi connectivity index (χ1) is 8.95. The maximum absolute atomic E-state index is 9.35. The van der Waals surface area contributed by atoms with Gasteiger partial charge >= 0.3 is 0 Å². The lowest BCUT2D eigenvalue weighted by molar-refractivity contribution is 0.535. The Hall–Kier alpha value is -1.46. The van der Waals surface area contributed by atoms with Crippen molar-refractivity contribution in [3.8, 4) is 6.07 Å². The number of benzene rings is 1. The second-order valence-electron chi connectivity index (χ2n) is 5.71. The Kier molecular flexibility index (Phi) is 3.87. The van der Waals surface area contributed by atoms with E-state index in [1.165, 1.54) is 5.56 Å². The highest BCUT2D eigenvalue weighted by Crippen LogP contribution is 2.32. The summed E-state index contributed by atoms with van der Waals surface area (Å²) in [6, 6.07) is 8.55. The average Bonchev–Trinajstić information content (AvgIpc) is 2.61. The van der Waals surface area contributed by atoms with Crippen molar-refractivity contribution < 1.29 is 0 Å². The summed E-state index contributed by atoms with van der Waals surface area (Å²) < 4.78 is 2.05. The van der Waals surface area contributed by atoms with E-state index in [1.54, 1.807) is 0 Å². The van der Waals surface area contributed by atoms with Crippen molar-refractivity contribution >= 4 is 22.5 Å². The topological polar surface area (TPSA) is 28.7 Å². The molecule has 19 heavy (non-hydrogen) atoms. The van der Waals surface area contributed by atoms with E-state index in [2.05, 4.69) is 52.0 Å². The van der Waals surface area contributed by atoms with E-state index in [-0.39, 0.29) is 0 Å². The number of aromatic nitrogens is 1. The van der Waals surface area contributed by atoms with Gasteiger partial charge in [-0.05, 0) is 29.5 Å². The lowest BCUT2D eigenvalue weighted by Crippen LogP contribution is -2.04. The Morgan fingerprint density at radius 1 is 1.26 bits per heavy atom. The first-order valence-corrected chi connectivity index (χ1v) is 7.05. The molecule has 0 aliphatic heterocycles. The third-order valence-corrected chi connectivity index (χ3v) is 3.74. The van der Waals surface area contributed by atoms with Crippen LogP contribution in [0.1, 0.15) is 44.7 Å². The van der Waals surface area contributed by atoms with Crippen LogP contribution in [0.4, 0.5) is 0 Å². The van der Waals surface area contributed by atoms with Crippen LogP contribution in [0.15, 0.2) is 18.2 Å². The van der Waals surface area contributed by atoms with Crippen molar-refractivity contribution in [2.45, 2.75) is 40.2 Å². The summed E-state index contributed by atoms with van der Waals surface area (Å²) in [5.41, 5.74) is 2.89. The molecule has 0 spiro atoms. The highest BCUT2D eigenvalue weighted by atomic mass is 35.5. The molecule has 0 radical (unpaired) electrons. The van der Waals surface area contributed by atoms with Gasteiger partial charge < -0.3 is 4.57 Å². The van der Waals surface area contributed by atoms with E-state index in [0.717, 1.165) is 17.4 Å². The molecule has 2 aromatic rings. The molecule has 0 aliphatic rings. The standard InChI is InChI=1S/C16H19ClN2/c1-10(2)9-19-15-6-5-12(11(3)4)7-13(15)14(8-18)16(19)17/h5-7,10-11H,9H2,1-4H3. The largest absolute Gasteiger partial charge is 0.330 e. The second-order valence-corrected chi connectivity index (χ2v) is 6.07. The third-order valence-electron chi connectivity index (χ3n) is 3.35. The Morgan fingerprint density at radius 2 is 1.95 bits per heavy atom. The highest BCUT2D eigenvalue weighted by molar-refractivity contribution is 6.32. The van der Waals surface area contributed by atoms with E-state index in [4.69, 9.17) is 11.6 Å². The van der Waals surface area contributed by atoms with Crippen molar-refractivity contribution in [1.82, 2.24) is 4.57 Å². The van der Waals surface area contributed by atoms with Crippen LogP contribution < -0.4 is 0 Å². The maximum Gasteiger partial charge on any atom is 0.128 e. The van der Waals surface area contributed by atoms with Crippen LogP contribution in [0.5, 0.6) is 0 Å². The molecule has 1 heterocycles. The first kappa shape index (κ1) is 14.0. The molecule has 1 aromatic carbocycles. The van der Waals surface area contributed by atoms with Crippen LogP contribution in [-0.2, 0) is 6.54 Å². The van der Waals surface area contributed by atoms with Crippen molar-refractivity contribution in [2.75, 3.05) is 0 Å². The number of fused-ring (bicyclic) bond motifs is 1. The van der Waals surface area contributed by atoms with Gasteiger partial charge in [-0.3, -0.25) is 0 Å². The zero-order chi connectivity index (χ0) is 14.2. The van der Waals surface area contributed by atoms with Crippen molar-refractivity contribution in [2.24, 2.45) is 5.92 Å². The van der Waals surface area contributed by atoms with Crippen molar-refractivity contribution in [3.63, 3.8) is 0 Å². The molecule has 0 aliphatic carbocycles. The molecule has 2 rings (SSSR count). The van der Waals surface area contributed by atoms with Gasteiger partial charge in [0.15, 0.2) is 0 Å². The normalized spacial score (nSPS) is 11.5. The summed E-state index contributed by atoms with van der Waals surface area (Å²) in [6.45, 7) is 9.44. The van der Waals surface area contributed by atoms with Gasteiger partial charge in [-0.2, -0.15) is 5.26 Å². The second kappa shape index (κ2) is 5.27. The molecule has 100 valence electrons. The molecular weight excluding hydrogens is 256 g/mol. The van der Waals surface area contributed by atoms with Gasteiger partial charge in [0.1, 0.15) is 11.2 Å². The van der Waals surface area contributed by atoms with Gasteiger partial charge in [-0.25, -0.2) is 0 Å². The number of halogens is 1. The molecule has 0 unspecified atom stereocenters. The Balaban J connectivity index is 2.72. The molecule has 0 N–H and O–H groups in total. The van der Waals surface area contributed by atoms with Crippen LogP contribution in [0, 0.1) is 17.2 Å². The molecule has 0 saturated heterocycles. The van der Waals surface area contributed by atoms with Gasteiger partial charge in [0.2, 0.25) is 0 Å². The number of rotatable bonds is 3. The smallest absolute Gasteiger partial charge is 0.128 e. The van der Waals surface area contributed by atoms with Crippen LogP contribution in [0.3, 0.4) is 0 Å². The molecule has 0 amide bonds. The number of hydrogen-bond acceptors (Lipinski definition) is 1. The summed E-state index contributed by atoms with van der Waals surface area (Å²) in [5.74, 6) is 0.938. The fourth-order valence-electron chi connectivity index (χ4n) is 2.35. The number of nitrogens with zero attached hydrogens (tertiary/aromatic N) is 2. The molecule has 0 fully saturated rings. The van der Waals surface area contributed by atoms with Crippen molar-refractivity contribution in [1.29, 1.82) is 5.26 Å². The van der Waals surface area contributed by atoms with Gasteiger partial charge in [-0.1, -0.05) is 45.4 Å². The highest BCUT2D eigenvalue weighted by Gasteiger charge is 2.17. The number of nitriles is 1. The predicted molar refractivity (Wildman–Crippen MR) is 80.6 cm³/mol. The summed E-state index contributed by atoms with van der Waals surface area (Å²) in [7, 11) is 0. The Labute approximate surface area is 119 Å². The van der Waals surface area contributed by atoms with Crippen LogP contribution in [-0.4, -0.2) is 4.57 Å². The quantitative estimate of drug-likeness (QED) is 0.779. The van der Waals surface area contributed by atoms with Gasteiger partial charge in [-0.15, -0.1) is 0 Å². The van der Waals surface area contributed by atoms with E-state index in [9.17, 15) is 5.26 Å². The molecule has 2 nitrogen and oxygen atoms in total. The minimum absolute atomic E-state index is 0.447. The van der Waals surface area contributed by atoms with E-state index in [1.807, 2.05) is 4.57 Å². The average molecular weight is 275 g/mol. The lowest BCUT2D eigenvalue weighted by Gasteiger charge is -2.10. The third kappa shape index (κ3) is 2.48. The minimum Gasteiger partial charge on any atom is -0.330 e.